The van der Waals surface area contributed by atoms with Crippen molar-refractivity contribution in [3.63, 3.8) is 0 Å². The fourth-order valence-electron chi connectivity index (χ4n) is 3.09. The smallest absolute Gasteiger partial charge is 0.408 e. The SMILES string of the molecule is CCOC(=O)[C@H](Cc1ccc(Nc2nccc3ccncc23)cc1)NC(=O)OC(C)(C)C. The molecule has 8 heteroatoms. The molecule has 3 aromatic rings. The zero-order valence-electron chi connectivity index (χ0n) is 18.7. The number of fused-ring (bicyclic) bond motifs is 1. The topological polar surface area (TPSA) is 102 Å². The van der Waals surface area contributed by atoms with E-state index in [2.05, 4.69) is 20.6 Å². The van der Waals surface area contributed by atoms with E-state index in [1.807, 2.05) is 36.4 Å². The Morgan fingerprint density at radius 1 is 1.06 bits per heavy atom. The molecule has 0 unspecified atom stereocenters. The third kappa shape index (κ3) is 6.41. The number of nitrogens with one attached hydrogen (secondary N) is 2. The van der Waals surface area contributed by atoms with Gasteiger partial charge in [0.2, 0.25) is 0 Å². The molecule has 0 aliphatic rings. The van der Waals surface area contributed by atoms with Gasteiger partial charge in [0.15, 0.2) is 0 Å². The van der Waals surface area contributed by atoms with Crippen LogP contribution in [0.15, 0.2) is 55.0 Å². The largest absolute Gasteiger partial charge is 0.464 e. The molecule has 2 aromatic heterocycles. The third-order valence-corrected chi connectivity index (χ3v) is 4.49. The average Bonchev–Trinajstić information content (AvgIpc) is 2.74. The number of nitrogens with zero attached hydrogens (tertiary/aromatic N) is 2. The van der Waals surface area contributed by atoms with Gasteiger partial charge in [0.25, 0.3) is 0 Å². The van der Waals surface area contributed by atoms with E-state index in [-0.39, 0.29) is 13.0 Å². The lowest BCUT2D eigenvalue weighted by atomic mass is 10.1. The number of carbonyl (C=O) groups excluding carboxylic acids is 2. The van der Waals surface area contributed by atoms with Crippen molar-refractivity contribution in [3.05, 3.63) is 60.6 Å². The van der Waals surface area contributed by atoms with E-state index >= 15 is 0 Å². The Kier molecular flexibility index (Phi) is 7.25. The first-order chi connectivity index (χ1) is 15.2. The molecule has 2 N–H and O–H groups in total. The summed E-state index contributed by atoms with van der Waals surface area (Å²) >= 11 is 0. The standard InChI is InChI=1S/C24H28N4O4/c1-5-31-22(29)20(28-23(30)32-24(2,3)4)14-16-6-8-18(9-7-16)27-21-19-15-25-12-10-17(19)11-13-26-21/h6-13,15,20H,5,14H2,1-4H3,(H,26,27)(H,28,30)/t20-/m0/s1. The summed E-state index contributed by atoms with van der Waals surface area (Å²) in [6.07, 6.45) is 4.86. The van der Waals surface area contributed by atoms with Gasteiger partial charge in [0.1, 0.15) is 17.5 Å². The second kappa shape index (κ2) is 10.1. The summed E-state index contributed by atoms with van der Waals surface area (Å²) in [5.74, 6) is 0.201. The molecular formula is C24H28N4O4. The summed E-state index contributed by atoms with van der Waals surface area (Å²) in [6, 6.07) is 10.6. The molecule has 0 spiro atoms. The summed E-state index contributed by atoms with van der Waals surface area (Å²) in [5.41, 5.74) is 1.03. The zero-order valence-corrected chi connectivity index (χ0v) is 18.7. The normalized spacial score (nSPS) is 12.1. The lowest BCUT2D eigenvalue weighted by Gasteiger charge is -2.23. The van der Waals surface area contributed by atoms with Gasteiger partial charge in [-0.1, -0.05) is 12.1 Å². The van der Waals surface area contributed by atoms with Crippen LogP contribution in [0.1, 0.15) is 33.3 Å². The lowest BCUT2D eigenvalue weighted by Crippen LogP contribution is -2.45. The van der Waals surface area contributed by atoms with E-state index in [0.29, 0.717) is 5.82 Å². The summed E-state index contributed by atoms with van der Waals surface area (Å²) in [4.78, 5) is 33.1. The van der Waals surface area contributed by atoms with Crippen LogP contribution in [0.3, 0.4) is 0 Å². The van der Waals surface area contributed by atoms with Crippen LogP contribution < -0.4 is 10.6 Å². The van der Waals surface area contributed by atoms with Gasteiger partial charge in [-0.2, -0.15) is 0 Å². The number of pyridine rings is 2. The van der Waals surface area contributed by atoms with Crippen LogP contribution in [-0.4, -0.2) is 40.3 Å². The number of anilines is 2. The minimum atomic E-state index is -0.852. The van der Waals surface area contributed by atoms with E-state index in [9.17, 15) is 9.59 Å². The number of amides is 1. The Bertz CT molecular complexity index is 1070. The Balaban J connectivity index is 1.71. The highest BCUT2D eigenvalue weighted by Crippen LogP contribution is 2.23. The van der Waals surface area contributed by atoms with Crippen LogP contribution in [-0.2, 0) is 20.7 Å². The summed E-state index contributed by atoms with van der Waals surface area (Å²) in [6.45, 7) is 7.23. The first-order valence-electron chi connectivity index (χ1n) is 10.5. The number of alkyl carbamates (subject to hydrolysis) is 1. The van der Waals surface area contributed by atoms with Crippen molar-refractivity contribution in [2.45, 2.75) is 45.8 Å². The molecule has 1 aromatic carbocycles. The molecular weight excluding hydrogens is 408 g/mol. The summed E-state index contributed by atoms with van der Waals surface area (Å²) < 4.78 is 10.4. The van der Waals surface area contributed by atoms with E-state index in [1.165, 1.54) is 0 Å². The fraction of sp³-hybridized carbons (Fsp3) is 0.333. The van der Waals surface area contributed by atoms with Crippen molar-refractivity contribution in [1.82, 2.24) is 15.3 Å². The number of ether oxygens (including phenoxy) is 2. The number of carbonyl (C=O) groups is 2. The highest BCUT2D eigenvalue weighted by molar-refractivity contribution is 5.92. The Labute approximate surface area is 187 Å². The third-order valence-electron chi connectivity index (χ3n) is 4.49. The van der Waals surface area contributed by atoms with Crippen LogP contribution in [0.2, 0.25) is 0 Å². The first-order valence-corrected chi connectivity index (χ1v) is 10.5. The van der Waals surface area contributed by atoms with Gasteiger partial charge in [-0.15, -0.1) is 0 Å². The van der Waals surface area contributed by atoms with Gasteiger partial charge in [0.05, 0.1) is 6.61 Å². The number of rotatable bonds is 7. The maximum absolute atomic E-state index is 12.4. The Hall–Kier alpha value is -3.68. The molecule has 0 radical (unpaired) electrons. The Morgan fingerprint density at radius 2 is 1.78 bits per heavy atom. The summed E-state index contributed by atoms with van der Waals surface area (Å²) in [7, 11) is 0. The van der Waals surface area contributed by atoms with Crippen LogP contribution in [0.25, 0.3) is 10.8 Å². The minimum Gasteiger partial charge on any atom is -0.464 e. The van der Waals surface area contributed by atoms with Crippen LogP contribution >= 0.6 is 0 Å². The van der Waals surface area contributed by atoms with E-state index in [0.717, 1.165) is 22.0 Å². The van der Waals surface area contributed by atoms with Crippen molar-refractivity contribution in [2.24, 2.45) is 0 Å². The molecule has 1 amide bonds. The second-order valence-electron chi connectivity index (χ2n) is 8.23. The van der Waals surface area contributed by atoms with Crippen molar-refractivity contribution in [1.29, 1.82) is 0 Å². The number of esters is 1. The molecule has 8 nitrogen and oxygen atoms in total. The number of benzene rings is 1. The highest BCUT2D eigenvalue weighted by Gasteiger charge is 2.25. The number of aromatic nitrogens is 2. The van der Waals surface area contributed by atoms with Crippen LogP contribution in [0, 0.1) is 0 Å². The van der Waals surface area contributed by atoms with Gasteiger partial charge in [-0.25, -0.2) is 14.6 Å². The highest BCUT2D eigenvalue weighted by atomic mass is 16.6. The second-order valence-corrected chi connectivity index (χ2v) is 8.23. The van der Waals surface area contributed by atoms with Crippen molar-refractivity contribution in [2.75, 3.05) is 11.9 Å². The minimum absolute atomic E-state index is 0.223. The van der Waals surface area contributed by atoms with Crippen molar-refractivity contribution < 1.29 is 19.1 Å². The van der Waals surface area contributed by atoms with Gasteiger partial charge in [-0.05, 0) is 62.9 Å². The van der Waals surface area contributed by atoms with Gasteiger partial charge in [0, 0.05) is 36.1 Å². The average molecular weight is 437 g/mol. The van der Waals surface area contributed by atoms with E-state index < -0.39 is 23.7 Å². The van der Waals surface area contributed by atoms with Gasteiger partial charge in [-0.3, -0.25) is 4.98 Å². The van der Waals surface area contributed by atoms with Gasteiger partial charge >= 0.3 is 12.1 Å². The molecule has 0 saturated heterocycles. The molecule has 1 atom stereocenters. The van der Waals surface area contributed by atoms with E-state index in [4.69, 9.17) is 9.47 Å². The van der Waals surface area contributed by atoms with Crippen LogP contribution in [0.5, 0.6) is 0 Å². The summed E-state index contributed by atoms with van der Waals surface area (Å²) in [5, 5.41) is 7.87. The molecule has 32 heavy (non-hydrogen) atoms. The molecule has 0 aliphatic carbocycles. The maximum Gasteiger partial charge on any atom is 0.408 e. The lowest BCUT2D eigenvalue weighted by molar-refractivity contribution is -0.145. The Morgan fingerprint density at radius 3 is 2.47 bits per heavy atom. The fourth-order valence-corrected chi connectivity index (χ4v) is 3.09. The molecule has 0 aliphatic heterocycles. The van der Waals surface area contributed by atoms with Crippen LogP contribution in [0.4, 0.5) is 16.3 Å². The number of hydrogen-bond donors (Lipinski definition) is 2. The molecule has 0 saturated carbocycles. The predicted molar refractivity (Wildman–Crippen MR) is 123 cm³/mol. The first kappa shape index (κ1) is 23.0. The predicted octanol–water partition coefficient (Wildman–Crippen LogP) is 4.37. The molecule has 168 valence electrons. The zero-order chi connectivity index (χ0) is 23.1. The molecule has 0 bridgehead atoms. The molecule has 3 rings (SSSR count). The molecule has 0 fully saturated rings. The van der Waals surface area contributed by atoms with Crippen molar-refractivity contribution >= 4 is 34.3 Å². The van der Waals surface area contributed by atoms with Crippen molar-refractivity contribution in [3.8, 4) is 0 Å². The maximum atomic E-state index is 12.4. The van der Waals surface area contributed by atoms with E-state index in [1.54, 1.807) is 46.3 Å². The monoisotopic (exact) mass is 436 g/mol. The van der Waals surface area contributed by atoms with Gasteiger partial charge < -0.3 is 20.1 Å². The quantitative estimate of drug-likeness (QED) is 0.530. The number of hydrogen-bond acceptors (Lipinski definition) is 7. The molecule has 2 heterocycles.